The maximum absolute atomic E-state index is 12.6. The monoisotopic (exact) mass is 391 g/mol. The van der Waals surface area contributed by atoms with Gasteiger partial charge < -0.3 is 19.9 Å². The highest BCUT2D eigenvalue weighted by atomic mass is 16.5. The summed E-state index contributed by atoms with van der Waals surface area (Å²) in [5, 5.41) is 11.7. The third-order valence-electron chi connectivity index (χ3n) is 4.31. The molecular weight excluding hydrogens is 366 g/mol. The molecule has 150 valence electrons. The first-order valence-electron chi connectivity index (χ1n) is 9.63. The van der Waals surface area contributed by atoms with Crippen LogP contribution in [0.1, 0.15) is 27.9 Å². The molecule has 3 aromatic rings. The molecule has 3 rings (SSSR count). The fraction of sp³-hybridized carbons (Fsp3) is 0.208. The molecule has 1 amide bonds. The Balaban J connectivity index is 1.81. The van der Waals surface area contributed by atoms with E-state index < -0.39 is 0 Å². The molecule has 5 heteroatoms. The smallest absolute Gasteiger partial charge is 0.255 e. The standard InChI is InChI=1S/C24H25NO4/c26-16-8-15-25-24(27)21-13-7-14-22(28-17-19-9-3-1-4-10-19)23(21)29-18-20-11-5-2-6-12-20/h1-7,9-14,26H,8,15-18H2,(H,25,27). The lowest BCUT2D eigenvalue weighted by Gasteiger charge is -2.16. The number of carbonyl (C=O) groups excluding carboxylic acids is 1. The summed E-state index contributed by atoms with van der Waals surface area (Å²) < 4.78 is 12.0. The van der Waals surface area contributed by atoms with Crippen LogP contribution in [-0.2, 0) is 13.2 Å². The molecule has 0 fully saturated rings. The molecule has 0 aliphatic carbocycles. The summed E-state index contributed by atoms with van der Waals surface area (Å²) in [6.45, 7) is 1.11. The lowest BCUT2D eigenvalue weighted by Crippen LogP contribution is -2.25. The second-order valence-electron chi connectivity index (χ2n) is 6.51. The number of ether oxygens (including phenoxy) is 2. The highest BCUT2D eigenvalue weighted by Crippen LogP contribution is 2.33. The zero-order valence-corrected chi connectivity index (χ0v) is 16.2. The molecule has 0 aliphatic heterocycles. The van der Waals surface area contributed by atoms with Gasteiger partial charge in [-0.3, -0.25) is 4.79 Å². The predicted octanol–water partition coefficient (Wildman–Crippen LogP) is 3.96. The van der Waals surface area contributed by atoms with Crippen LogP contribution < -0.4 is 14.8 Å². The zero-order chi connectivity index (χ0) is 20.3. The van der Waals surface area contributed by atoms with Crippen molar-refractivity contribution in [3.8, 4) is 11.5 Å². The van der Waals surface area contributed by atoms with Crippen LogP contribution in [0.4, 0.5) is 0 Å². The minimum atomic E-state index is -0.258. The summed E-state index contributed by atoms with van der Waals surface area (Å²) in [7, 11) is 0. The van der Waals surface area contributed by atoms with Gasteiger partial charge in [-0.05, 0) is 29.7 Å². The molecule has 0 aromatic heterocycles. The number of aliphatic hydroxyl groups is 1. The Bertz CT molecular complexity index is 897. The van der Waals surface area contributed by atoms with Crippen LogP contribution in [0.15, 0.2) is 78.9 Å². The van der Waals surface area contributed by atoms with Crippen LogP contribution >= 0.6 is 0 Å². The number of hydrogen-bond donors (Lipinski definition) is 2. The predicted molar refractivity (Wildman–Crippen MR) is 112 cm³/mol. The molecule has 0 aliphatic rings. The van der Waals surface area contributed by atoms with Crippen molar-refractivity contribution in [2.75, 3.05) is 13.2 Å². The largest absolute Gasteiger partial charge is 0.485 e. The maximum Gasteiger partial charge on any atom is 0.255 e. The van der Waals surface area contributed by atoms with Crippen molar-refractivity contribution in [1.82, 2.24) is 5.32 Å². The van der Waals surface area contributed by atoms with E-state index in [0.29, 0.717) is 43.2 Å². The van der Waals surface area contributed by atoms with E-state index in [9.17, 15) is 4.79 Å². The Hall–Kier alpha value is -3.31. The van der Waals surface area contributed by atoms with Gasteiger partial charge >= 0.3 is 0 Å². The average molecular weight is 391 g/mol. The lowest BCUT2D eigenvalue weighted by atomic mass is 10.1. The van der Waals surface area contributed by atoms with E-state index in [1.807, 2.05) is 60.7 Å². The molecule has 0 spiro atoms. The second kappa shape index (κ2) is 10.9. The Morgan fingerprint density at radius 1 is 0.793 bits per heavy atom. The molecule has 0 bridgehead atoms. The van der Waals surface area contributed by atoms with Gasteiger partial charge in [0.1, 0.15) is 13.2 Å². The fourth-order valence-corrected chi connectivity index (χ4v) is 2.80. The third-order valence-corrected chi connectivity index (χ3v) is 4.31. The highest BCUT2D eigenvalue weighted by molar-refractivity contribution is 5.97. The van der Waals surface area contributed by atoms with Gasteiger partial charge in [0, 0.05) is 13.2 Å². The molecule has 0 radical (unpaired) electrons. The van der Waals surface area contributed by atoms with Gasteiger partial charge in [-0.25, -0.2) is 0 Å². The first kappa shape index (κ1) is 20.4. The second-order valence-corrected chi connectivity index (χ2v) is 6.51. The van der Waals surface area contributed by atoms with E-state index >= 15 is 0 Å². The van der Waals surface area contributed by atoms with E-state index in [1.165, 1.54) is 0 Å². The Morgan fingerprint density at radius 3 is 2.03 bits per heavy atom. The van der Waals surface area contributed by atoms with Crippen LogP contribution in [0.3, 0.4) is 0 Å². The van der Waals surface area contributed by atoms with Crippen molar-refractivity contribution in [3.05, 3.63) is 95.6 Å². The normalized spacial score (nSPS) is 10.4. The minimum absolute atomic E-state index is 0.0257. The van der Waals surface area contributed by atoms with Crippen LogP contribution in [0.2, 0.25) is 0 Å². The van der Waals surface area contributed by atoms with Gasteiger partial charge in [-0.2, -0.15) is 0 Å². The van der Waals surface area contributed by atoms with E-state index in [4.69, 9.17) is 14.6 Å². The third kappa shape index (κ3) is 6.09. The lowest BCUT2D eigenvalue weighted by molar-refractivity contribution is 0.0945. The topological polar surface area (TPSA) is 67.8 Å². The van der Waals surface area contributed by atoms with E-state index in [-0.39, 0.29) is 12.5 Å². The summed E-state index contributed by atoms with van der Waals surface area (Å²) in [6.07, 6.45) is 0.496. The van der Waals surface area contributed by atoms with Gasteiger partial charge in [0.25, 0.3) is 5.91 Å². The number of carbonyl (C=O) groups is 1. The number of nitrogens with one attached hydrogen (secondary N) is 1. The fourth-order valence-electron chi connectivity index (χ4n) is 2.80. The Morgan fingerprint density at radius 2 is 1.41 bits per heavy atom. The SMILES string of the molecule is O=C(NCCCO)c1cccc(OCc2ccccc2)c1OCc1ccccc1. The molecule has 0 atom stereocenters. The van der Waals surface area contributed by atoms with Crippen LogP contribution in [0, 0.1) is 0 Å². The van der Waals surface area contributed by atoms with Gasteiger partial charge in [0.2, 0.25) is 0 Å². The molecule has 5 nitrogen and oxygen atoms in total. The molecule has 0 heterocycles. The van der Waals surface area contributed by atoms with Crippen molar-refractivity contribution in [1.29, 1.82) is 0 Å². The molecular formula is C24H25NO4. The van der Waals surface area contributed by atoms with Crippen LogP contribution in [0.5, 0.6) is 11.5 Å². The van der Waals surface area contributed by atoms with Crippen LogP contribution in [-0.4, -0.2) is 24.2 Å². The van der Waals surface area contributed by atoms with Gasteiger partial charge in [0.15, 0.2) is 11.5 Å². The summed E-state index contributed by atoms with van der Waals surface area (Å²) >= 11 is 0. The van der Waals surface area contributed by atoms with Crippen molar-refractivity contribution in [2.45, 2.75) is 19.6 Å². The van der Waals surface area contributed by atoms with Crippen molar-refractivity contribution < 1.29 is 19.4 Å². The summed E-state index contributed by atoms with van der Waals surface area (Å²) in [4.78, 5) is 12.6. The number of hydrogen-bond acceptors (Lipinski definition) is 4. The number of benzene rings is 3. The number of aliphatic hydroxyl groups excluding tert-OH is 1. The van der Waals surface area contributed by atoms with Gasteiger partial charge in [-0.1, -0.05) is 66.7 Å². The minimum Gasteiger partial charge on any atom is -0.485 e. The van der Waals surface area contributed by atoms with Crippen molar-refractivity contribution in [2.24, 2.45) is 0 Å². The van der Waals surface area contributed by atoms with E-state index in [1.54, 1.807) is 18.2 Å². The zero-order valence-electron chi connectivity index (χ0n) is 16.2. The first-order valence-corrected chi connectivity index (χ1v) is 9.63. The van der Waals surface area contributed by atoms with Gasteiger partial charge in [-0.15, -0.1) is 0 Å². The Kier molecular flexibility index (Phi) is 7.66. The number of para-hydroxylation sites is 1. The summed E-state index contributed by atoms with van der Waals surface area (Å²) in [5.41, 5.74) is 2.43. The van der Waals surface area contributed by atoms with Crippen molar-refractivity contribution in [3.63, 3.8) is 0 Å². The highest BCUT2D eigenvalue weighted by Gasteiger charge is 2.17. The molecule has 0 saturated heterocycles. The quantitative estimate of drug-likeness (QED) is 0.514. The molecule has 2 N–H and O–H groups in total. The molecule has 0 saturated carbocycles. The van der Waals surface area contributed by atoms with E-state index in [2.05, 4.69) is 5.32 Å². The summed E-state index contributed by atoms with van der Waals surface area (Å²) in [6, 6.07) is 24.9. The van der Waals surface area contributed by atoms with Crippen LogP contribution in [0.25, 0.3) is 0 Å². The molecule has 3 aromatic carbocycles. The number of amides is 1. The molecule has 29 heavy (non-hydrogen) atoms. The van der Waals surface area contributed by atoms with E-state index in [0.717, 1.165) is 11.1 Å². The van der Waals surface area contributed by atoms with Gasteiger partial charge in [0.05, 0.1) is 5.56 Å². The summed E-state index contributed by atoms with van der Waals surface area (Å²) in [5.74, 6) is 0.667. The van der Waals surface area contributed by atoms with Crippen molar-refractivity contribution >= 4 is 5.91 Å². The Labute approximate surface area is 170 Å². The maximum atomic E-state index is 12.6. The number of rotatable bonds is 10. The molecule has 0 unspecified atom stereocenters. The first-order chi connectivity index (χ1) is 14.3. The average Bonchev–Trinajstić information content (AvgIpc) is 2.78.